The molecule has 0 fully saturated rings. The summed E-state index contributed by atoms with van der Waals surface area (Å²) in [5, 5.41) is 9.16. The molecule has 3 rings (SSSR count). The number of hydrogen-bond acceptors (Lipinski definition) is 4. The Hall–Kier alpha value is -3.66. The molecule has 0 unspecified atom stereocenters. The quantitative estimate of drug-likeness (QED) is 0.604. The van der Waals surface area contributed by atoms with E-state index in [0.717, 1.165) is 21.5 Å². The van der Waals surface area contributed by atoms with Gasteiger partial charge < -0.3 is 4.57 Å². The Labute approximate surface area is 168 Å². The predicted molar refractivity (Wildman–Crippen MR) is 109 cm³/mol. The molecule has 3 aromatic rings. The maximum absolute atomic E-state index is 13.0. The molecule has 0 N–H and O–H groups in total. The molecule has 0 saturated heterocycles. The van der Waals surface area contributed by atoms with E-state index in [-0.39, 0.29) is 11.3 Å². The van der Waals surface area contributed by atoms with E-state index in [9.17, 15) is 14.4 Å². The van der Waals surface area contributed by atoms with Gasteiger partial charge in [0, 0.05) is 36.2 Å². The summed E-state index contributed by atoms with van der Waals surface area (Å²) in [5.41, 5.74) is 1.77. The van der Waals surface area contributed by atoms with Crippen LogP contribution >= 0.6 is 0 Å². The highest BCUT2D eigenvalue weighted by molar-refractivity contribution is 5.97. The molecule has 0 amide bonds. The van der Waals surface area contributed by atoms with Crippen molar-refractivity contribution in [3.63, 3.8) is 0 Å². The number of rotatable bonds is 6. The van der Waals surface area contributed by atoms with Crippen LogP contribution < -0.4 is 11.2 Å². The van der Waals surface area contributed by atoms with Gasteiger partial charge in [0.15, 0.2) is 5.78 Å². The van der Waals surface area contributed by atoms with E-state index in [2.05, 4.69) is 0 Å². The van der Waals surface area contributed by atoms with E-state index in [1.165, 1.54) is 10.8 Å². The van der Waals surface area contributed by atoms with E-state index in [0.29, 0.717) is 18.7 Å². The van der Waals surface area contributed by atoms with Crippen molar-refractivity contribution >= 4 is 5.78 Å². The van der Waals surface area contributed by atoms with Crippen molar-refractivity contribution in [3.8, 4) is 6.07 Å². The average Bonchev–Trinajstić information content (AvgIpc) is 3.00. The number of nitrogens with zero attached hydrogens (tertiary/aromatic N) is 4. The molecule has 0 bridgehead atoms. The zero-order valence-electron chi connectivity index (χ0n) is 16.7. The van der Waals surface area contributed by atoms with Gasteiger partial charge in [0.05, 0.1) is 6.54 Å². The number of hydrogen-bond donors (Lipinski definition) is 0. The highest BCUT2D eigenvalue weighted by Gasteiger charge is 2.19. The fraction of sp³-hybridized carbons (Fsp3) is 0.273. The second-order valence-electron chi connectivity index (χ2n) is 6.89. The minimum Gasteiger partial charge on any atom is -0.344 e. The van der Waals surface area contributed by atoms with Gasteiger partial charge in [-0.2, -0.15) is 5.26 Å². The van der Waals surface area contributed by atoms with Crippen LogP contribution in [0.25, 0.3) is 0 Å². The number of carbonyl (C=O) groups is 1. The summed E-state index contributed by atoms with van der Waals surface area (Å²) in [7, 11) is 0. The highest BCUT2D eigenvalue weighted by Crippen LogP contribution is 2.18. The van der Waals surface area contributed by atoms with Crippen LogP contribution in [0, 0.1) is 25.2 Å². The predicted octanol–water partition coefficient (Wildman–Crippen LogP) is 2.25. The fourth-order valence-electron chi connectivity index (χ4n) is 3.42. The van der Waals surface area contributed by atoms with Crippen LogP contribution in [0.5, 0.6) is 0 Å². The van der Waals surface area contributed by atoms with Crippen molar-refractivity contribution in [2.45, 2.75) is 40.4 Å². The third kappa shape index (κ3) is 3.83. The third-order valence-corrected chi connectivity index (χ3v) is 5.06. The van der Waals surface area contributed by atoms with Gasteiger partial charge in [0.2, 0.25) is 0 Å². The topological polar surface area (TPSA) is 89.8 Å². The molecule has 2 heterocycles. The van der Waals surface area contributed by atoms with Crippen LogP contribution in [-0.2, 0) is 19.6 Å². The van der Waals surface area contributed by atoms with E-state index >= 15 is 0 Å². The van der Waals surface area contributed by atoms with Crippen LogP contribution in [-0.4, -0.2) is 19.5 Å². The Balaban J connectivity index is 1.97. The molecule has 0 radical (unpaired) electrons. The monoisotopic (exact) mass is 390 g/mol. The molecule has 29 heavy (non-hydrogen) atoms. The maximum atomic E-state index is 13.0. The number of benzene rings is 1. The van der Waals surface area contributed by atoms with E-state index in [1.54, 1.807) is 19.1 Å². The Morgan fingerprint density at radius 1 is 1.10 bits per heavy atom. The zero-order chi connectivity index (χ0) is 21.1. The summed E-state index contributed by atoms with van der Waals surface area (Å²) in [6.45, 7) is 6.02. The normalized spacial score (nSPS) is 10.7. The largest absolute Gasteiger partial charge is 0.344 e. The molecule has 2 aromatic heterocycles. The first kappa shape index (κ1) is 20.1. The third-order valence-electron chi connectivity index (χ3n) is 5.06. The molecule has 0 aliphatic carbocycles. The number of nitriles is 1. The molecule has 0 atom stereocenters. The summed E-state index contributed by atoms with van der Waals surface area (Å²) in [6.07, 6.45) is 1.23. The van der Waals surface area contributed by atoms with Gasteiger partial charge in [-0.25, -0.2) is 4.79 Å². The summed E-state index contributed by atoms with van der Waals surface area (Å²) in [4.78, 5) is 37.9. The minimum absolute atomic E-state index is 0.159. The van der Waals surface area contributed by atoms with Crippen molar-refractivity contribution in [1.82, 2.24) is 13.7 Å². The summed E-state index contributed by atoms with van der Waals surface area (Å²) in [6, 6.07) is 13.5. The lowest BCUT2D eigenvalue weighted by atomic mass is 10.1. The molecule has 0 aliphatic rings. The number of carbonyl (C=O) groups excluding carboxylic acids is 1. The van der Waals surface area contributed by atoms with E-state index in [1.807, 2.05) is 48.7 Å². The van der Waals surface area contributed by atoms with Crippen molar-refractivity contribution in [1.29, 1.82) is 5.26 Å². The molecule has 7 heteroatoms. The lowest BCUT2D eigenvalue weighted by Crippen LogP contribution is -2.42. The van der Waals surface area contributed by atoms with Crippen LogP contribution in [0.2, 0.25) is 0 Å². The summed E-state index contributed by atoms with van der Waals surface area (Å²) < 4.78 is 4.13. The van der Waals surface area contributed by atoms with E-state index < -0.39 is 17.8 Å². The standard InChI is InChI=1S/C22H22N4O3/c1-4-24-13-18(11-23)21(28)26(22(24)29)14-20(27)19-10-15(2)25(16(19)3)12-17-8-6-5-7-9-17/h5-10,13H,4,12,14H2,1-3H3. The van der Waals surface area contributed by atoms with Crippen molar-refractivity contribution in [2.24, 2.45) is 0 Å². The van der Waals surface area contributed by atoms with Gasteiger partial charge >= 0.3 is 5.69 Å². The molecule has 148 valence electrons. The van der Waals surface area contributed by atoms with Crippen molar-refractivity contribution in [2.75, 3.05) is 0 Å². The molecule has 0 aliphatic heterocycles. The Morgan fingerprint density at radius 2 is 1.79 bits per heavy atom. The lowest BCUT2D eigenvalue weighted by Gasteiger charge is -2.11. The van der Waals surface area contributed by atoms with Gasteiger partial charge in [0.1, 0.15) is 11.6 Å². The van der Waals surface area contributed by atoms with Crippen LogP contribution in [0.1, 0.15) is 39.8 Å². The smallest absolute Gasteiger partial charge is 0.331 e. The summed E-state index contributed by atoms with van der Waals surface area (Å²) in [5.74, 6) is -0.339. The Kier molecular flexibility index (Phi) is 5.64. The molecule has 0 spiro atoms. The average molecular weight is 390 g/mol. The first-order valence-electron chi connectivity index (χ1n) is 9.35. The van der Waals surface area contributed by atoms with Gasteiger partial charge in [-0.05, 0) is 32.4 Å². The van der Waals surface area contributed by atoms with Gasteiger partial charge in [-0.1, -0.05) is 30.3 Å². The second-order valence-corrected chi connectivity index (χ2v) is 6.89. The SMILES string of the molecule is CCn1cc(C#N)c(=O)n(CC(=O)c2cc(C)n(Cc3ccccc3)c2C)c1=O. The molecule has 7 nitrogen and oxygen atoms in total. The van der Waals surface area contributed by atoms with Gasteiger partial charge in [0.25, 0.3) is 5.56 Å². The number of aryl methyl sites for hydroxylation is 2. The van der Waals surface area contributed by atoms with Crippen molar-refractivity contribution < 1.29 is 4.79 Å². The zero-order valence-corrected chi connectivity index (χ0v) is 16.7. The summed E-state index contributed by atoms with van der Waals surface area (Å²) >= 11 is 0. The number of aromatic nitrogens is 3. The first-order chi connectivity index (χ1) is 13.9. The number of ketones is 1. The fourth-order valence-corrected chi connectivity index (χ4v) is 3.42. The molecular weight excluding hydrogens is 368 g/mol. The molecular formula is C22H22N4O3. The Morgan fingerprint density at radius 3 is 2.41 bits per heavy atom. The van der Waals surface area contributed by atoms with Crippen molar-refractivity contribution in [3.05, 3.63) is 91.5 Å². The Bertz CT molecular complexity index is 1220. The molecule has 1 aromatic carbocycles. The molecule has 0 saturated carbocycles. The number of Topliss-reactive ketones (excluding diaryl/α,β-unsaturated/α-hetero) is 1. The second kappa shape index (κ2) is 8.15. The van der Waals surface area contributed by atoms with Gasteiger partial charge in [-0.15, -0.1) is 0 Å². The van der Waals surface area contributed by atoms with E-state index in [4.69, 9.17) is 5.26 Å². The highest BCUT2D eigenvalue weighted by atomic mass is 16.2. The first-order valence-corrected chi connectivity index (χ1v) is 9.35. The van der Waals surface area contributed by atoms with Gasteiger partial charge in [-0.3, -0.25) is 18.7 Å². The van der Waals surface area contributed by atoms with Crippen LogP contribution in [0.4, 0.5) is 0 Å². The minimum atomic E-state index is -0.742. The lowest BCUT2D eigenvalue weighted by molar-refractivity contribution is 0.0967. The maximum Gasteiger partial charge on any atom is 0.331 e. The van der Waals surface area contributed by atoms with Crippen LogP contribution in [0.15, 0.2) is 52.2 Å². The van der Waals surface area contributed by atoms with Crippen LogP contribution in [0.3, 0.4) is 0 Å².